The highest BCUT2D eigenvalue weighted by Gasteiger charge is 2.32. The normalized spacial score (nSPS) is 10.7. The number of pyridine rings is 1. The quantitative estimate of drug-likeness (QED) is 0.800. The third-order valence-corrected chi connectivity index (χ3v) is 1.59. The summed E-state index contributed by atoms with van der Waals surface area (Å²) in [4.78, 5) is 3.70. The number of hydrogen-bond donors (Lipinski definition) is 0. The number of nitrogens with zero attached hydrogens (tertiary/aromatic N) is 2. The Morgan fingerprint density at radius 2 is 2.12 bits per heavy atom. The number of methoxy groups -OCH3 is 1. The van der Waals surface area contributed by atoms with Gasteiger partial charge in [-0.05, 0) is 6.07 Å². The summed E-state index contributed by atoms with van der Waals surface area (Å²) in [5.41, 5.74) is -0.112. The number of rotatable bonds is 3. The van der Waals surface area contributed by atoms with Crippen LogP contribution in [-0.2, 0) is 6.42 Å². The number of nitriles is 1. The Morgan fingerprint density at radius 1 is 1.44 bits per heavy atom. The molecule has 0 aliphatic heterocycles. The van der Waals surface area contributed by atoms with Gasteiger partial charge >= 0.3 is 6.36 Å². The van der Waals surface area contributed by atoms with Crippen molar-refractivity contribution >= 4 is 0 Å². The maximum absolute atomic E-state index is 12.0. The highest BCUT2D eigenvalue weighted by molar-refractivity contribution is 5.33. The van der Waals surface area contributed by atoms with Crippen LogP contribution in [0.5, 0.6) is 11.6 Å². The fourth-order valence-corrected chi connectivity index (χ4v) is 1.00. The summed E-state index contributed by atoms with van der Waals surface area (Å²) in [6.07, 6.45) is -5.09. The van der Waals surface area contributed by atoms with E-state index in [2.05, 4.69) is 9.72 Å². The summed E-state index contributed by atoms with van der Waals surface area (Å²) < 4.78 is 44.4. The van der Waals surface area contributed by atoms with Crippen LogP contribution in [-0.4, -0.2) is 18.5 Å². The number of ether oxygens (including phenoxy) is 2. The van der Waals surface area contributed by atoms with Crippen LogP contribution in [0.25, 0.3) is 0 Å². The maximum Gasteiger partial charge on any atom is 0.573 e. The van der Waals surface area contributed by atoms with E-state index in [4.69, 9.17) is 10.00 Å². The standard InChI is InChI=1S/C9H7F3N2O2/c1-15-8-3-2-7(16-9(10,11)12)6(14-8)4-5-13/h2-3H,4H2,1H3. The van der Waals surface area contributed by atoms with Gasteiger partial charge in [-0.1, -0.05) is 0 Å². The lowest BCUT2D eigenvalue weighted by molar-refractivity contribution is -0.275. The summed E-state index contributed by atoms with van der Waals surface area (Å²) in [6.45, 7) is 0. The molecule has 4 nitrogen and oxygen atoms in total. The third kappa shape index (κ3) is 3.31. The largest absolute Gasteiger partial charge is 0.573 e. The van der Waals surface area contributed by atoms with E-state index in [1.54, 1.807) is 6.07 Å². The first kappa shape index (κ1) is 12.1. The van der Waals surface area contributed by atoms with Crippen LogP contribution in [0, 0.1) is 11.3 Å². The lowest BCUT2D eigenvalue weighted by atomic mass is 10.2. The average molecular weight is 232 g/mol. The molecule has 0 bridgehead atoms. The molecule has 0 amide bonds. The van der Waals surface area contributed by atoms with E-state index in [9.17, 15) is 13.2 Å². The molecule has 0 saturated heterocycles. The zero-order valence-corrected chi connectivity index (χ0v) is 8.21. The molecule has 1 aromatic heterocycles. The minimum absolute atomic E-state index is 0.112. The first-order valence-corrected chi connectivity index (χ1v) is 4.13. The second kappa shape index (κ2) is 4.70. The summed E-state index contributed by atoms with van der Waals surface area (Å²) in [7, 11) is 1.32. The van der Waals surface area contributed by atoms with Crippen LogP contribution >= 0.6 is 0 Å². The smallest absolute Gasteiger partial charge is 0.481 e. The molecule has 0 saturated carbocycles. The molecule has 0 aromatic carbocycles. The number of alkyl halides is 3. The monoisotopic (exact) mass is 232 g/mol. The van der Waals surface area contributed by atoms with E-state index in [1.165, 1.54) is 13.2 Å². The van der Waals surface area contributed by atoms with Crippen molar-refractivity contribution in [1.29, 1.82) is 5.26 Å². The lowest BCUT2D eigenvalue weighted by Crippen LogP contribution is -2.18. The van der Waals surface area contributed by atoms with E-state index < -0.39 is 12.1 Å². The molecule has 0 N–H and O–H groups in total. The Morgan fingerprint density at radius 3 is 2.62 bits per heavy atom. The SMILES string of the molecule is COc1ccc(OC(F)(F)F)c(CC#N)n1. The third-order valence-electron chi connectivity index (χ3n) is 1.59. The molecule has 0 aliphatic rings. The van der Waals surface area contributed by atoms with Gasteiger partial charge in [-0.15, -0.1) is 13.2 Å². The van der Waals surface area contributed by atoms with Gasteiger partial charge in [-0.25, -0.2) is 4.98 Å². The molecule has 16 heavy (non-hydrogen) atoms. The molecule has 0 aliphatic carbocycles. The fourth-order valence-electron chi connectivity index (χ4n) is 1.00. The molecule has 1 heterocycles. The number of aromatic nitrogens is 1. The summed E-state index contributed by atoms with van der Waals surface area (Å²) in [6, 6.07) is 3.98. The molecule has 7 heteroatoms. The van der Waals surface area contributed by atoms with Crippen molar-refractivity contribution in [2.75, 3.05) is 7.11 Å². The molecule has 0 atom stereocenters. The van der Waals surface area contributed by atoms with E-state index in [1.807, 2.05) is 0 Å². The van der Waals surface area contributed by atoms with Crippen molar-refractivity contribution in [3.63, 3.8) is 0 Å². The Balaban J connectivity index is 3.04. The predicted octanol–water partition coefficient (Wildman–Crippen LogP) is 2.05. The highest BCUT2D eigenvalue weighted by Crippen LogP contribution is 2.27. The molecular weight excluding hydrogens is 225 g/mol. The Labute approximate surface area is 89.2 Å². The van der Waals surface area contributed by atoms with Crippen molar-refractivity contribution < 1.29 is 22.6 Å². The van der Waals surface area contributed by atoms with Gasteiger partial charge in [0, 0.05) is 6.07 Å². The van der Waals surface area contributed by atoms with Gasteiger partial charge in [-0.2, -0.15) is 5.26 Å². The van der Waals surface area contributed by atoms with Crippen molar-refractivity contribution in [2.45, 2.75) is 12.8 Å². The van der Waals surface area contributed by atoms with Crippen LogP contribution in [0.2, 0.25) is 0 Å². The molecule has 86 valence electrons. The Kier molecular flexibility index (Phi) is 3.55. The molecule has 0 spiro atoms. The van der Waals surface area contributed by atoms with E-state index in [0.29, 0.717) is 0 Å². The fraction of sp³-hybridized carbons (Fsp3) is 0.333. The minimum Gasteiger partial charge on any atom is -0.481 e. The lowest BCUT2D eigenvalue weighted by Gasteiger charge is -2.11. The van der Waals surface area contributed by atoms with Gasteiger partial charge in [0.25, 0.3) is 0 Å². The summed E-state index contributed by atoms with van der Waals surface area (Å²) in [5.74, 6) is -0.366. The topological polar surface area (TPSA) is 55.1 Å². The van der Waals surface area contributed by atoms with Gasteiger partial charge in [0.15, 0.2) is 5.75 Å². The summed E-state index contributed by atoms with van der Waals surface area (Å²) >= 11 is 0. The predicted molar refractivity (Wildman–Crippen MR) is 46.8 cm³/mol. The van der Waals surface area contributed by atoms with Crippen molar-refractivity contribution in [3.8, 4) is 17.7 Å². The van der Waals surface area contributed by atoms with Gasteiger partial charge in [-0.3, -0.25) is 0 Å². The first-order valence-electron chi connectivity index (χ1n) is 4.13. The molecule has 0 unspecified atom stereocenters. The van der Waals surface area contributed by atoms with Crippen LogP contribution in [0.15, 0.2) is 12.1 Å². The van der Waals surface area contributed by atoms with Crippen molar-refractivity contribution in [3.05, 3.63) is 17.8 Å². The van der Waals surface area contributed by atoms with Crippen LogP contribution in [0.1, 0.15) is 5.69 Å². The number of halogens is 3. The van der Waals surface area contributed by atoms with E-state index >= 15 is 0 Å². The van der Waals surface area contributed by atoms with Crippen molar-refractivity contribution in [1.82, 2.24) is 4.98 Å². The zero-order chi connectivity index (χ0) is 12.2. The zero-order valence-electron chi connectivity index (χ0n) is 8.21. The Hall–Kier alpha value is -1.97. The molecular formula is C9H7F3N2O2. The van der Waals surface area contributed by atoms with E-state index in [0.717, 1.165) is 6.07 Å². The molecule has 0 fully saturated rings. The first-order chi connectivity index (χ1) is 7.46. The van der Waals surface area contributed by atoms with Gasteiger partial charge in [0.05, 0.1) is 19.6 Å². The van der Waals surface area contributed by atoms with Crippen LogP contribution < -0.4 is 9.47 Å². The molecule has 1 rings (SSSR count). The second-order valence-electron chi connectivity index (χ2n) is 2.68. The molecule has 0 radical (unpaired) electrons. The van der Waals surface area contributed by atoms with E-state index in [-0.39, 0.29) is 18.0 Å². The van der Waals surface area contributed by atoms with Gasteiger partial charge in [0.1, 0.15) is 5.69 Å². The molecule has 1 aromatic rings. The number of hydrogen-bond acceptors (Lipinski definition) is 4. The van der Waals surface area contributed by atoms with Crippen LogP contribution in [0.4, 0.5) is 13.2 Å². The van der Waals surface area contributed by atoms with Crippen molar-refractivity contribution in [2.24, 2.45) is 0 Å². The average Bonchev–Trinajstić information content (AvgIpc) is 2.19. The highest BCUT2D eigenvalue weighted by atomic mass is 19.4. The van der Waals surface area contributed by atoms with Gasteiger partial charge in [0.2, 0.25) is 5.88 Å². The second-order valence-corrected chi connectivity index (χ2v) is 2.68. The maximum atomic E-state index is 12.0. The Bertz CT molecular complexity index is 412. The summed E-state index contributed by atoms with van der Waals surface area (Å²) in [5, 5.41) is 8.44. The minimum atomic E-state index is -4.81. The van der Waals surface area contributed by atoms with Gasteiger partial charge < -0.3 is 9.47 Å². The van der Waals surface area contributed by atoms with Crippen LogP contribution in [0.3, 0.4) is 0 Å².